The number of benzene rings is 2. The minimum atomic E-state index is 0.144. The summed E-state index contributed by atoms with van der Waals surface area (Å²) in [4.78, 5) is 4.15. The van der Waals surface area contributed by atoms with Crippen molar-refractivity contribution in [3.63, 3.8) is 0 Å². The molecule has 0 unspecified atom stereocenters. The van der Waals surface area contributed by atoms with Gasteiger partial charge in [-0.3, -0.25) is 0 Å². The Labute approximate surface area is 289 Å². The quantitative estimate of drug-likeness (QED) is 0.0769. The molecule has 0 aliphatic rings. The molecule has 4 aromatic rings. The summed E-state index contributed by atoms with van der Waals surface area (Å²) in [5, 5.41) is 18.6. The van der Waals surface area contributed by atoms with Gasteiger partial charge in [-0.25, -0.2) is 0 Å². The van der Waals surface area contributed by atoms with Gasteiger partial charge in [0.25, 0.3) is 0 Å². The van der Waals surface area contributed by atoms with Gasteiger partial charge in [-0.2, -0.15) is 9.13 Å². The van der Waals surface area contributed by atoms with Crippen molar-refractivity contribution in [3.8, 4) is 0 Å². The number of aliphatic hydroxyl groups is 2. The van der Waals surface area contributed by atoms with Crippen molar-refractivity contribution in [2.24, 2.45) is 0 Å². The van der Waals surface area contributed by atoms with Gasteiger partial charge >= 0.3 is 0 Å². The lowest BCUT2D eigenvalue weighted by Crippen LogP contribution is -2.38. The van der Waals surface area contributed by atoms with E-state index >= 15 is 0 Å². The molecule has 6 nitrogen and oxygen atoms in total. The number of aryl methyl sites for hydroxylation is 3. The number of aliphatic hydroxyl groups excluding tert-OH is 2. The van der Waals surface area contributed by atoms with Crippen molar-refractivity contribution in [1.82, 2.24) is 0 Å². The molecule has 0 saturated carbocycles. The molecule has 4 rings (SSSR count). The molecule has 0 saturated heterocycles. The van der Waals surface area contributed by atoms with E-state index < -0.39 is 0 Å². The first-order valence-electron chi connectivity index (χ1n) is 16.2. The minimum Gasteiger partial charge on any atom is -0.395 e. The van der Waals surface area contributed by atoms with Crippen LogP contribution >= 0.6 is 21.6 Å². The lowest BCUT2D eigenvalue weighted by Gasteiger charge is -2.19. The Bertz CT molecular complexity index is 1560. The molecule has 248 valence electrons. The lowest BCUT2D eigenvalue weighted by molar-refractivity contribution is -0.694. The maximum Gasteiger partial charge on any atom is 0.208 e. The fraction of sp³-hybridized carbons (Fsp3) is 0.333. The highest BCUT2D eigenvalue weighted by Crippen LogP contribution is 2.26. The van der Waals surface area contributed by atoms with E-state index in [2.05, 4.69) is 144 Å². The van der Waals surface area contributed by atoms with E-state index in [-0.39, 0.29) is 13.2 Å². The summed E-state index contributed by atoms with van der Waals surface area (Å²) in [6.45, 7) is 11.1. The number of hydrogen-bond donors (Lipinski definition) is 2. The van der Waals surface area contributed by atoms with E-state index in [0.29, 0.717) is 13.1 Å². The standard InChI is InChI=1S/C39H50N4O2S2/c1-30-27-36(40(5)19-22-44)15-13-34(30)25-32(3)38-11-7-9-17-42(38)21-24-46-47-29-43-18-10-8-12-39(43)33(4)26-35-14-16-37(28-31(35)2)41(6)20-23-45/h7-18,25-28,44-45H,19-24,29H2,1-6H3/q+2. The summed E-state index contributed by atoms with van der Waals surface area (Å²) in [6, 6.07) is 25.8. The number of rotatable bonds is 16. The predicted molar refractivity (Wildman–Crippen MR) is 203 cm³/mol. The minimum absolute atomic E-state index is 0.144. The van der Waals surface area contributed by atoms with Gasteiger partial charge in [-0.05, 0) is 109 Å². The van der Waals surface area contributed by atoms with Gasteiger partial charge in [-0.1, -0.05) is 22.9 Å². The van der Waals surface area contributed by atoms with Crippen LogP contribution in [0.1, 0.15) is 47.5 Å². The average Bonchev–Trinajstić information content (AvgIpc) is 3.07. The Morgan fingerprint density at radius 3 is 1.66 bits per heavy atom. The molecule has 0 aliphatic heterocycles. The van der Waals surface area contributed by atoms with Crippen LogP contribution in [0.2, 0.25) is 0 Å². The normalized spacial score (nSPS) is 12.0. The van der Waals surface area contributed by atoms with E-state index in [9.17, 15) is 10.2 Å². The van der Waals surface area contributed by atoms with Gasteiger partial charge in [0, 0.05) is 74.0 Å². The molecule has 0 spiro atoms. The molecule has 2 heterocycles. The Balaban J connectivity index is 1.37. The number of allylic oxidation sites excluding steroid dienone is 2. The molecule has 2 N–H and O–H groups in total. The Kier molecular flexibility index (Phi) is 14.0. The summed E-state index contributed by atoms with van der Waals surface area (Å²) < 4.78 is 4.67. The summed E-state index contributed by atoms with van der Waals surface area (Å²) in [6.07, 6.45) is 8.88. The first-order valence-corrected chi connectivity index (χ1v) is 18.6. The molecule has 0 radical (unpaired) electrons. The van der Waals surface area contributed by atoms with Crippen LogP contribution in [0.5, 0.6) is 0 Å². The van der Waals surface area contributed by atoms with Gasteiger partial charge < -0.3 is 20.0 Å². The van der Waals surface area contributed by atoms with Crippen molar-refractivity contribution in [1.29, 1.82) is 0 Å². The zero-order valence-corrected chi connectivity index (χ0v) is 30.3. The van der Waals surface area contributed by atoms with E-state index in [4.69, 9.17) is 0 Å². The number of anilines is 2. The maximum absolute atomic E-state index is 9.28. The number of likely N-dealkylation sites (N-methyl/N-ethyl adjacent to an activating group) is 2. The van der Waals surface area contributed by atoms with Crippen molar-refractivity contribution in [2.75, 3.05) is 56.0 Å². The molecule has 0 bridgehead atoms. The number of nitrogens with zero attached hydrogens (tertiary/aromatic N) is 4. The van der Waals surface area contributed by atoms with Gasteiger partial charge in [-0.15, -0.1) is 0 Å². The molecule has 47 heavy (non-hydrogen) atoms. The van der Waals surface area contributed by atoms with E-state index in [0.717, 1.165) is 29.5 Å². The van der Waals surface area contributed by atoms with Crippen LogP contribution in [0, 0.1) is 13.8 Å². The van der Waals surface area contributed by atoms with Crippen LogP contribution in [0.25, 0.3) is 23.3 Å². The van der Waals surface area contributed by atoms with Crippen molar-refractivity contribution in [2.45, 2.75) is 40.1 Å². The lowest BCUT2D eigenvalue weighted by atomic mass is 10.0. The molecular formula is C39H50N4O2S2+2. The molecule has 2 aromatic carbocycles. The first kappa shape index (κ1) is 36.3. The third kappa shape index (κ3) is 10.2. The number of pyridine rings is 2. The molecule has 0 aliphatic carbocycles. The fourth-order valence-corrected chi connectivity index (χ4v) is 7.50. The van der Waals surface area contributed by atoms with Crippen LogP contribution < -0.4 is 18.9 Å². The second kappa shape index (κ2) is 18.1. The van der Waals surface area contributed by atoms with E-state index in [1.54, 1.807) is 0 Å². The number of aromatic nitrogens is 2. The summed E-state index contributed by atoms with van der Waals surface area (Å²) in [5.74, 6) is 1.86. The van der Waals surface area contributed by atoms with Crippen molar-refractivity contribution in [3.05, 3.63) is 119 Å². The molecule has 0 fully saturated rings. The molecule has 0 atom stereocenters. The second-order valence-electron chi connectivity index (χ2n) is 11.9. The SMILES string of the molecule is C/C(=C\c1ccc(N(C)CCO)cc1C)c1cccc[n+]1CCSSC[n+]1ccccc1/C(C)=C/c1ccc(N(C)CCO)cc1C. The van der Waals surface area contributed by atoms with Gasteiger partial charge in [0.1, 0.15) is 0 Å². The van der Waals surface area contributed by atoms with Crippen LogP contribution in [-0.2, 0) is 12.4 Å². The Hall–Kier alpha value is -3.56. The highest BCUT2D eigenvalue weighted by Gasteiger charge is 2.15. The summed E-state index contributed by atoms with van der Waals surface area (Å²) in [7, 11) is 7.80. The molecule has 8 heteroatoms. The van der Waals surface area contributed by atoms with E-state index in [1.807, 2.05) is 35.7 Å². The largest absolute Gasteiger partial charge is 0.395 e. The summed E-state index contributed by atoms with van der Waals surface area (Å²) in [5.41, 5.74) is 12.0. The van der Waals surface area contributed by atoms with Crippen molar-refractivity contribution < 1.29 is 19.3 Å². The summed E-state index contributed by atoms with van der Waals surface area (Å²) >= 11 is 0. The first-order chi connectivity index (χ1) is 22.7. The van der Waals surface area contributed by atoms with Crippen molar-refractivity contribution >= 4 is 56.3 Å². The van der Waals surface area contributed by atoms with E-state index in [1.165, 1.54) is 44.8 Å². The number of hydrogen-bond acceptors (Lipinski definition) is 6. The molecule has 0 amide bonds. The van der Waals surface area contributed by atoms with Gasteiger partial charge in [0.15, 0.2) is 18.9 Å². The molecule has 2 aromatic heterocycles. The zero-order valence-electron chi connectivity index (χ0n) is 28.7. The van der Waals surface area contributed by atoms with Crippen LogP contribution in [0.4, 0.5) is 11.4 Å². The highest BCUT2D eigenvalue weighted by molar-refractivity contribution is 8.76. The Morgan fingerprint density at radius 1 is 0.681 bits per heavy atom. The highest BCUT2D eigenvalue weighted by atomic mass is 33.1. The van der Waals surface area contributed by atoms with Crippen LogP contribution in [0.3, 0.4) is 0 Å². The molecular weight excluding hydrogens is 621 g/mol. The van der Waals surface area contributed by atoms with Crippen LogP contribution in [0.15, 0.2) is 85.2 Å². The predicted octanol–water partition coefficient (Wildman–Crippen LogP) is 6.90. The second-order valence-corrected chi connectivity index (χ2v) is 14.5. The van der Waals surface area contributed by atoms with Gasteiger partial charge in [0.2, 0.25) is 17.3 Å². The Morgan fingerprint density at radius 2 is 1.17 bits per heavy atom. The maximum atomic E-state index is 9.28. The third-order valence-electron chi connectivity index (χ3n) is 8.38. The van der Waals surface area contributed by atoms with Crippen LogP contribution in [-0.4, -0.2) is 56.4 Å². The monoisotopic (exact) mass is 670 g/mol. The average molecular weight is 671 g/mol. The zero-order chi connectivity index (χ0) is 33.8. The topological polar surface area (TPSA) is 54.7 Å². The van der Waals surface area contributed by atoms with Gasteiger partial charge in [0.05, 0.1) is 19.0 Å². The third-order valence-corrected chi connectivity index (χ3v) is 10.6. The smallest absolute Gasteiger partial charge is 0.208 e. The fourth-order valence-electron chi connectivity index (χ4n) is 5.56.